The first-order valence-electron chi connectivity index (χ1n) is 7.87. The predicted molar refractivity (Wildman–Crippen MR) is 105 cm³/mol. The fourth-order valence-corrected chi connectivity index (χ4v) is 3.68. The first-order valence-corrected chi connectivity index (χ1v) is 8.66. The minimum atomic E-state index is -1.23. The van der Waals surface area contributed by atoms with Gasteiger partial charge in [0.05, 0.1) is 0 Å². The van der Waals surface area contributed by atoms with Gasteiger partial charge in [0, 0.05) is 15.6 Å². The van der Waals surface area contributed by atoms with Gasteiger partial charge in [0.1, 0.15) is 17.1 Å². The van der Waals surface area contributed by atoms with Crippen molar-refractivity contribution in [3.05, 3.63) is 70.7 Å². The lowest BCUT2D eigenvalue weighted by Crippen LogP contribution is -1.99. The van der Waals surface area contributed by atoms with E-state index in [-0.39, 0.29) is 17.1 Å². The largest absolute Gasteiger partial charge is 0.507 e. The van der Waals surface area contributed by atoms with Gasteiger partial charge in [-0.15, -0.1) is 0 Å². The van der Waals surface area contributed by atoms with Crippen molar-refractivity contribution in [1.82, 2.24) is 0 Å². The van der Waals surface area contributed by atoms with E-state index in [2.05, 4.69) is 15.9 Å². The van der Waals surface area contributed by atoms with E-state index < -0.39 is 5.97 Å². The molecule has 3 N–H and O–H groups in total. The quantitative estimate of drug-likeness (QED) is 0.407. The highest BCUT2D eigenvalue weighted by atomic mass is 79.9. The number of carbonyl (C=O) groups is 1. The highest BCUT2D eigenvalue weighted by Gasteiger charge is 2.22. The van der Waals surface area contributed by atoms with E-state index in [9.17, 15) is 20.1 Å². The second-order valence-electron chi connectivity index (χ2n) is 6.00. The fourth-order valence-electron chi connectivity index (χ4n) is 3.30. The summed E-state index contributed by atoms with van der Waals surface area (Å²) in [4.78, 5) is 11.6. The molecule has 128 valence electrons. The van der Waals surface area contributed by atoms with Crippen molar-refractivity contribution in [3.8, 4) is 22.6 Å². The van der Waals surface area contributed by atoms with Crippen LogP contribution in [0.3, 0.4) is 0 Å². The molecule has 4 nitrogen and oxygen atoms in total. The van der Waals surface area contributed by atoms with Gasteiger partial charge in [-0.3, -0.25) is 0 Å². The summed E-state index contributed by atoms with van der Waals surface area (Å²) in [5.41, 5.74) is 0.518. The number of fused-ring (bicyclic) bond motifs is 2. The molecule has 0 amide bonds. The van der Waals surface area contributed by atoms with Crippen molar-refractivity contribution in [2.24, 2.45) is 0 Å². The Kier molecular flexibility index (Phi) is 3.81. The van der Waals surface area contributed by atoms with Crippen molar-refractivity contribution >= 4 is 43.4 Å². The molecule has 0 aliphatic heterocycles. The van der Waals surface area contributed by atoms with Crippen LogP contribution in [0.5, 0.6) is 11.5 Å². The minimum Gasteiger partial charge on any atom is -0.507 e. The van der Waals surface area contributed by atoms with E-state index in [1.54, 1.807) is 30.3 Å². The van der Waals surface area contributed by atoms with Crippen LogP contribution in [0.2, 0.25) is 0 Å². The summed E-state index contributed by atoms with van der Waals surface area (Å²) < 4.78 is 0.884. The third kappa shape index (κ3) is 2.48. The van der Waals surface area contributed by atoms with E-state index >= 15 is 0 Å². The summed E-state index contributed by atoms with van der Waals surface area (Å²) >= 11 is 3.43. The molecule has 0 spiro atoms. The van der Waals surface area contributed by atoms with Crippen LogP contribution in [0.15, 0.2) is 65.1 Å². The molecule has 5 heteroatoms. The molecule has 0 aromatic heterocycles. The maximum atomic E-state index is 11.6. The second-order valence-corrected chi connectivity index (χ2v) is 6.91. The summed E-state index contributed by atoms with van der Waals surface area (Å²) in [6.45, 7) is 0. The smallest absolute Gasteiger partial charge is 0.339 e. The average molecular weight is 409 g/mol. The first-order chi connectivity index (χ1) is 12.5. The zero-order chi connectivity index (χ0) is 18.4. The number of halogens is 1. The highest BCUT2D eigenvalue weighted by molar-refractivity contribution is 9.10. The van der Waals surface area contributed by atoms with Gasteiger partial charge in [-0.2, -0.15) is 0 Å². The molecule has 0 bridgehead atoms. The van der Waals surface area contributed by atoms with Crippen LogP contribution in [0.1, 0.15) is 10.4 Å². The Morgan fingerprint density at radius 1 is 0.808 bits per heavy atom. The van der Waals surface area contributed by atoms with Crippen molar-refractivity contribution in [3.63, 3.8) is 0 Å². The van der Waals surface area contributed by atoms with Gasteiger partial charge in [-0.25, -0.2) is 4.79 Å². The molecule has 0 radical (unpaired) electrons. The average Bonchev–Trinajstić information content (AvgIpc) is 2.62. The van der Waals surface area contributed by atoms with Crippen LogP contribution in [0.25, 0.3) is 32.7 Å². The van der Waals surface area contributed by atoms with Gasteiger partial charge in [-0.05, 0) is 45.8 Å². The monoisotopic (exact) mass is 408 g/mol. The van der Waals surface area contributed by atoms with Crippen LogP contribution >= 0.6 is 15.9 Å². The van der Waals surface area contributed by atoms with Gasteiger partial charge in [0.15, 0.2) is 0 Å². The topological polar surface area (TPSA) is 77.8 Å². The van der Waals surface area contributed by atoms with Crippen molar-refractivity contribution in [2.45, 2.75) is 0 Å². The number of aromatic hydroxyl groups is 2. The Morgan fingerprint density at radius 2 is 1.50 bits per heavy atom. The van der Waals surface area contributed by atoms with Gasteiger partial charge in [-0.1, -0.05) is 52.3 Å². The van der Waals surface area contributed by atoms with Crippen LogP contribution in [0, 0.1) is 0 Å². The maximum absolute atomic E-state index is 11.6. The minimum absolute atomic E-state index is 0.0252. The number of hydrogen-bond acceptors (Lipinski definition) is 3. The molecule has 0 saturated heterocycles. The van der Waals surface area contributed by atoms with Gasteiger partial charge in [0.25, 0.3) is 0 Å². The molecule has 4 aromatic carbocycles. The van der Waals surface area contributed by atoms with E-state index in [1.165, 1.54) is 6.07 Å². The highest BCUT2D eigenvalue weighted by Crippen LogP contribution is 2.46. The fraction of sp³-hybridized carbons (Fsp3) is 0. The number of carboxylic acid groups (broad SMARTS) is 1. The van der Waals surface area contributed by atoms with Crippen molar-refractivity contribution in [1.29, 1.82) is 0 Å². The SMILES string of the molecule is O=C(O)c1cc2ccccc2c(-c2c(O)ccc3cc(Br)ccc23)c1O. The van der Waals surface area contributed by atoms with E-state index in [0.29, 0.717) is 21.9 Å². The lowest BCUT2D eigenvalue weighted by atomic mass is 9.90. The Hall–Kier alpha value is -3.05. The zero-order valence-electron chi connectivity index (χ0n) is 13.4. The molecule has 4 aromatic rings. The van der Waals surface area contributed by atoms with Crippen LogP contribution in [0.4, 0.5) is 0 Å². The molecule has 4 rings (SSSR count). The summed E-state index contributed by atoms with van der Waals surface area (Å²) in [5.74, 6) is -1.61. The standard InChI is InChI=1S/C21H13BrO4/c22-13-6-7-15-12(9-13)5-8-17(23)18(15)19-14-4-2-1-3-11(14)10-16(20(19)24)21(25)26/h1-10,23-24H,(H,25,26). The van der Waals surface area contributed by atoms with Crippen molar-refractivity contribution < 1.29 is 20.1 Å². The Labute approximate surface area is 157 Å². The van der Waals surface area contributed by atoms with Crippen LogP contribution in [-0.2, 0) is 0 Å². The van der Waals surface area contributed by atoms with Crippen molar-refractivity contribution in [2.75, 3.05) is 0 Å². The molecule has 0 fully saturated rings. The normalized spacial score (nSPS) is 11.1. The number of phenols is 2. The Morgan fingerprint density at radius 3 is 2.27 bits per heavy atom. The number of benzene rings is 4. The molecule has 0 aliphatic rings. The molecular weight excluding hydrogens is 396 g/mol. The first kappa shape index (κ1) is 16.4. The summed E-state index contributed by atoms with van der Waals surface area (Å²) in [6.07, 6.45) is 0. The van der Waals surface area contributed by atoms with Gasteiger partial charge in [0.2, 0.25) is 0 Å². The molecule has 0 saturated carbocycles. The summed E-state index contributed by atoms with van der Waals surface area (Å²) in [6, 6.07) is 17.5. The predicted octanol–water partition coefficient (Wildman–Crippen LogP) is 5.53. The summed E-state index contributed by atoms with van der Waals surface area (Å²) in [7, 11) is 0. The van der Waals surface area contributed by atoms with E-state index in [1.807, 2.05) is 24.3 Å². The van der Waals surface area contributed by atoms with Gasteiger partial charge < -0.3 is 15.3 Å². The molecule has 26 heavy (non-hydrogen) atoms. The van der Waals surface area contributed by atoms with E-state index in [4.69, 9.17) is 0 Å². The third-order valence-corrected chi connectivity index (χ3v) is 4.96. The third-order valence-electron chi connectivity index (χ3n) is 4.46. The van der Waals surface area contributed by atoms with E-state index in [0.717, 1.165) is 15.2 Å². The molecule has 0 unspecified atom stereocenters. The second kappa shape index (κ2) is 6.04. The lowest BCUT2D eigenvalue weighted by molar-refractivity contribution is 0.0694. The number of carboxylic acids is 1. The van der Waals surface area contributed by atoms with Crippen LogP contribution in [-0.4, -0.2) is 21.3 Å². The molecule has 0 atom stereocenters. The maximum Gasteiger partial charge on any atom is 0.339 e. The Balaban J connectivity index is 2.22. The van der Waals surface area contributed by atoms with Gasteiger partial charge >= 0.3 is 5.97 Å². The molecular formula is C21H13BrO4. The summed E-state index contributed by atoms with van der Waals surface area (Å²) in [5, 5.41) is 33.7. The number of phenolic OH excluding ortho intramolecular Hbond substituents is 1. The molecule has 0 aliphatic carbocycles. The van der Waals surface area contributed by atoms with Crippen LogP contribution < -0.4 is 0 Å². The lowest BCUT2D eigenvalue weighted by Gasteiger charge is -2.16. The zero-order valence-corrected chi connectivity index (χ0v) is 15.0. The number of rotatable bonds is 2. The Bertz CT molecular complexity index is 1200. The number of hydrogen-bond donors (Lipinski definition) is 3. The number of aromatic carboxylic acids is 1. The molecule has 0 heterocycles.